The number of benzene rings is 1. The van der Waals surface area contributed by atoms with E-state index in [1.807, 2.05) is 37.4 Å². The van der Waals surface area contributed by atoms with Crippen LogP contribution in [0.25, 0.3) is 0 Å². The third-order valence-corrected chi connectivity index (χ3v) is 2.61. The summed E-state index contributed by atoms with van der Waals surface area (Å²) in [6, 6.07) is 7.90. The fourth-order valence-electron chi connectivity index (χ4n) is 1.83. The Balaban J connectivity index is 2.20. The minimum Gasteiger partial charge on any atom is -0.492 e. The number of rotatable bonds is 6. The van der Waals surface area contributed by atoms with Gasteiger partial charge in [-0.2, -0.15) is 0 Å². The van der Waals surface area contributed by atoms with E-state index < -0.39 is 0 Å². The summed E-state index contributed by atoms with van der Waals surface area (Å²) in [6.45, 7) is 5.74. The second kappa shape index (κ2) is 6.10. The summed E-state index contributed by atoms with van der Waals surface area (Å²) in [5.41, 5.74) is 0.947. The molecule has 0 unspecified atom stereocenters. The number of ether oxygens (including phenoxy) is 1. The van der Waals surface area contributed by atoms with Gasteiger partial charge in [-0.15, -0.1) is 0 Å². The molecule has 4 nitrogen and oxygen atoms in total. The highest BCUT2D eigenvalue weighted by molar-refractivity contribution is 5.62. The van der Waals surface area contributed by atoms with Gasteiger partial charge in [0.25, 0.3) is 0 Å². The van der Waals surface area contributed by atoms with E-state index in [2.05, 4.69) is 21.8 Å². The van der Waals surface area contributed by atoms with Crippen molar-refractivity contribution in [3.8, 4) is 5.75 Å². The second-order valence-electron chi connectivity index (χ2n) is 4.00. The summed E-state index contributed by atoms with van der Waals surface area (Å²) >= 11 is 0. The molecule has 0 radical (unpaired) electrons. The summed E-state index contributed by atoms with van der Waals surface area (Å²) in [5, 5.41) is 3.32. The van der Waals surface area contributed by atoms with Crippen molar-refractivity contribution in [3.63, 3.8) is 0 Å². The standard InChI is InChI=1S/C14H19N3O/c1-3-10-17-11-9-15-14(17)16-12-7-5-6-8-13(12)18-4-2/h5-9,11H,3-4,10H2,1-2H3,(H,15,16). The predicted molar refractivity (Wildman–Crippen MR) is 73.4 cm³/mol. The van der Waals surface area contributed by atoms with E-state index in [-0.39, 0.29) is 0 Å². The van der Waals surface area contributed by atoms with Crippen molar-refractivity contribution in [1.82, 2.24) is 9.55 Å². The maximum atomic E-state index is 5.59. The summed E-state index contributed by atoms with van der Waals surface area (Å²) in [7, 11) is 0. The first-order valence-corrected chi connectivity index (χ1v) is 6.35. The van der Waals surface area contributed by atoms with Gasteiger partial charge >= 0.3 is 0 Å². The van der Waals surface area contributed by atoms with Crippen molar-refractivity contribution in [2.24, 2.45) is 0 Å². The normalized spacial score (nSPS) is 10.3. The van der Waals surface area contributed by atoms with E-state index in [0.717, 1.165) is 30.4 Å². The lowest BCUT2D eigenvalue weighted by Gasteiger charge is -2.12. The fourth-order valence-corrected chi connectivity index (χ4v) is 1.83. The van der Waals surface area contributed by atoms with Gasteiger partial charge in [-0.1, -0.05) is 19.1 Å². The number of anilines is 2. The van der Waals surface area contributed by atoms with E-state index >= 15 is 0 Å². The van der Waals surface area contributed by atoms with E-state index in [1.165, 1.54) is 0 Å². The van der Waals surface area contributed by atoms with Crippen LogP contribution in [-0.4, -0.2) is 16.2 Å². The lowest BCUT2D eigenvalue weighted by atomic mass is 10.3. The molecule has 0 spiro atoms. The highest BCUT2D eigenvalue weighted by Crippen LogP contribution is 2.26. The molecule has 96 valence electrons. The quantitative estimate of drug-likeness (QED) is 0.847. The van der Waals surface area contributed by atoms with Gasteiger partial charge in [-0.3, -0.25) is 0 Å². The SMILES string of the molecule is CCCn1ccnc1Nc1ccccc1OCC. The highest BCUT2D eigenvalue weighted by atomic mass is 16.5. The molecule has 2 aromatic rings. The van der Waals surface area contributed by atoms with Gasteiger partial charge in [-0.25, -0.2) is 4.98 Å². The van der Waals surface area contributed by atoms with Gasteiger partial charge in [-0.05, 0) is 25.5 Å². The molecule has 1 aromatic heterocycles. The van der Waals surface area contributed by atoms with Crippen LogP contribution in [-0.2, 0) is 6.54 Å². The third-order valence-electron chi connectivity index (χ3n) is 2.61. The molecule has 0 bridgehead atoms. The van der Waals surface area contributed by atoms with Crippen LogP contribution >= 0.6 is 0 Å². The molecule has 0 fully saturated rings. The number of imidazole rings is 1. The second-order valence-corrected chi connectivity index (χ2v) is 4.00. The molecule has 1 aromatic carbocycles. The lowest BCUT2D eigenvalue weighted by molar-refractivity contribution is 0.342. The van der Waals surface area contributed by atoms with Crippen molar-refractivity contribution < 1.29 is 4.74 Å². The lowest BCUT2D eigenvalue weighted by Crippen LogP contribution is -2.04. The van der Waals surface area contributed by atoms with Gasteiger partial charge in [0.2, 0.25) is 5.95 Å². The molecule has 0 saturated carbocycles. The molecule has 1 N–H and O–H groups in total. The van der Waals surface area contributed by atoms with E-state index in [4.69, 9.17) is 4.74 Å². The monoisotopic (exact) mass is 245 g/mol. The number of nitrogens with zero attached hydrogens (tertiary/aromatic N) is 2. The molecule has 0 saturated heterocycles. The fraction of sp³-hybridized carbons (Fsp3) is 0.357. The number of hydrogen-bond donors (Lipinski definition) is 1. The summed E-state index contributed by atoms with van der Waals surface area (Å²) in [5.74, 6) is 1.70. The Morgan fingerprint density at radius 2 is 2.11 bits per heavy atom. The largest absolute Gasteiger partial charge is 0.492 e. The minimum absolute atomic E-state index is 0.655. The molecule has 2 rings (SSSR count). The number of nitrogens with one attached hydrogen (secondary N) is 1. The third kappa shape index (κ3) is 2.83. The molecule has 0 amide bonds. The van der Waals surface area contributed by atoms with E-state index in [0.29, 0.717) is 6.61 Å². The number of hydrogen-bond acceptors (Lipinski definition) is 3. The Morgan fingerprint density at radius 1 is 1.28 bits per heavy atom. The first-order chi connectivity index (χ1) is 8.85. The zero-order chi connectivity index (χ0) is 12.8. The minimum atomic E-state index is 0.655. The number of aryl methyl sites for hydroxylation is 1. The summed E-state index contributed by atoms with van der Waals surface area (Å²) in [4.78, 5) is 4.33. The predicted octanol–water partition coefficient (Wildman–Crippen LogP) is 3.44. The molecular formula is C14H19N3O. The molecule has 0 aliphatic rings. The van der Waals surface area contributed by atoms with Crippen molar-refractivity contribution in [2.45, 2.75) is 26.8 Å². The van der Waals surface area contributed by atoms with Crippen LogP contribution in [0.2, 0.25) is 0 Å². The van der Waals surface area contributed by atoms with Crippen LogP contribution in [0.15, 0.2) is 36.7 Å². The maximum absolute atomic E-state index is 5.59. The molecule has 0 aliphatic heterocycles. The van der Waals surface area contributed by atoms with E-state index in [1.54, 1.807) is 6.20 Å². The Bertz CT molecular complexity index is 493. The Hall–Kier alpha value is -1.97. The Kier molecular flexibility index (Phi) is 4.23. The van der Waals surface area contributed by atoms with Crippen molar-refractivity contribution >= 4 is 11.6 Å². The van der Waals surface area contributed by atoms with Gasteiger partial charge in [0.1, 0.15) is 5.75 Å². The van der Waals surface area contributed by atoms with Crippen molar-refractivity contribution in [2.75, 3.05) is 11.9 Å². The Morgan fingerprint density at radius 3 is 2.89 bits per heavy atom. The van der Waals surface area contributed by atoms with Crippen LogP contribution in [0, 0.1) is 0 Å². The topological polar surface area (TPSA) is 39.1 Å². The Labute approximate surface area is 108 Å². The van der Waals surface area contributed by atoms with Gasteiger partial charge < -0.3 is 14.6 Å². The average Bonchev–Trinajstić information content (AvgIpc) is 2.80. The molecular weight excluding hydrogens is 226 g/mol. The van der Waals surface area contributed by atoms with Crippen LogP contribution in [0.4, 0.5) is 11.6 Å². The summed E-state index contributed by atoms with van der Waals surface area (Å²) < 4.78 is 7.69. The number of aromatic nitrogens is 2. The zero-order valence-electron chi connectivity index (χ0n) is 10.9. The van der Waals surface area contributed by atoms with Crippen molar-refractivity contribution in [3.05, 3.63) is 36.7 Å². The van der Waals surface area contributed by atoms with Crippen LogP contribution in [0.1, 0.15) is 20.3 Å². The molecule has 4 heteroatoms. The molecule has 18 heavy (non-hydrogen) atoms. The molecule has 1 heterocycles. The van der Waals surface area contributed by atoms with Crippen LogP contribution < -0.4 is 10.1 Å². The maximum Gasteiger partial charge on any atom is 0.207 e. The van der Waals surface area contributed by atoms with Crippen LogP contribution in [0.5, 0.6) is 5.75 Å². The molecule has 0 aliphatic carbocycles. The van der Waals surface area contributed by atoms with Gasteiger partial charge in [0.05, 0.1) is 12.3 Å². The first kappa shape index (κ1) is 12.5. The average molecular weight is 245 g/mol. The van der Waals surface area contributed by atoms with Crippen molar-refractivity contribution in [1.29, 1.82) is 0 Å². The first-order valence-electron chi connectivity index (χ1n) is 6.35. The van der Waals surface area contributed by atoms with E-state index in [9.17, 15) is 0 Å². The zero-order valence-corrected chi connectivity index (χ0v) is 10.9. The van der Waals surface area contributed by atoms with Gasteiger partial charge in [0.15, 0.2) is 0 Å². The smallest absolute Gasteiger partial charge is 0.207 e. The summed E-state index contributed by atoms with van der Waals surface area (Å²) in [6.07, 6.45) is 4.87. The van der Waals surface area contributed by atoms with Gasteiger partial charge in [0, 0.05) is 18.9 Å². The number of para-hydroxylation sites is 2. The van der Waals surface area contributed by atoms with Crippen LogP contribution in [0.3, 0.4) is 0 Å². The molecule has 0 atom stereocenters. The highest BCUT2D eigenvalue weighted by Gasteiger charge is 2.06.